The maximum atomic E-state index is 12.5. The SMILES string of the molecule is COc1ccc(C2(C(=O)NCCCc3ccccn3)CC2)cc1. The number of hydrogen-bond acceptors (Lipinski definition) is 3. The van der Waals surface area contributed by atoms with Crippen LogP contribution in [0.15, 0.2) is 48.7 Å². The molecule has 1 amide bonds. The molecule has 1 saturated carbocycles. The van der Waals surface area contributed by atoms with Gasteiger partial charge in [-0.15, -0.1) is 0 Å². The smallest absolute Gasteiger partial charge is 0.230 e. The first kappa shape index (κ1) is 15.5. The molecule has 0 saturated heterocycles. The number of carbonyl (C=O) groups excluding carboxylic acids is 1. The van der Waals surface area contributed by atoms with E-state index in [1.165, 1.54) is 0 Å². The summed E-state index contributed by atoms with van der Waals surface area (Å²) < 4.78 is 5.18. The number of ether oxygens (including phenoxy) is 1. The van der Waals surface area contributed by atoms with Crippen molar-refractivity contribution in [3.8, 4) is 5.75 Å². The molecule has 120 valence electrons. The summed E-state index contributed by atoms with van der Waals surface area (Å²) in [6, 6.07) is 13.8. The van der Waals surface area contributed by atoms with Crippen LogP contribution >= 0.6 is 0 Å². The molecule has 1 aliphatic carbocycles. The van der Waals surface area contributed by atoms with E-state index in [0.717, 1.165) is 42.7 Å². The first-order valence-corrected chi connectivity index (χ1v) is 8.07. The predicted octanol–water partition coefficient (Wildman–Crippen LogP) is 2.87. The minimum atomic E-state index is -0.322. The second-order valence-corrected chi connectivity index (χ2v) is 5.99. The summed E-state index contributed by atoms with van der Waals surface area (Å²) in [7, 11) is 1.65. The first-order chi connectivity index (χ1) is 11.2. The van der Waals surface area contributed by atoms with Crippen LogP contribution in [0.1, 0.15) is 30.5 Å². The molecule has 1 fully saturated rings. The van der Waals surface area contributed by atoms with Crippen LogP contribution in [0.2, 0.25) is 0 Å². The Labute approximate surface area is 136 Å². The topological polar surface area (TPSA) is 51.2 Å². The van der Waals surface area contributed by atoms with Gasteiger partial charge in [-0.25, -0.2) is 0 Å². The molecular formula is C19H22N2O2. The number of amides is 1. The Hall–Kier alpha value is -2.36. The molecule has 4 heteroatoms. The maximum Gasteiger partial charge on any atom is 0.230 e. The summed E-state index contributed by atoms with van der Waals surface area (Å²) in [6.45, 7) is 0.688. The lowest BCUT2D eigenvalue weighted by molar-refractivity contribution is -0.123. The normalized spacial score (nSPS) is 15.0. The maximum absolute atomic E-state index is 12.5. The quantitative estimate of drug-likeness (QED) is 0.800. The van der Waals surface area contributed by atoms with Crippen molar-refractivity contribution >= 4 is 5.91 Å². The molecule has 0 radical (unpaired) electrons. The molecule has 0 aliphatic heterocycles. The van der Waals surface area contributed by atoms with Gasteiger partial charge in [0.25, 0.3) is 0 Å². The highest BCUT2D eigenvalue weighted by Gasteiger charge is 2.50. The van der Waals surface area contributed by atoms with E-state index < -0.39 is 0 Å². The van der Waals surface area contributed by atoms with Crippen LogP contribution in [0.25, 0.3) is 0 Å². The van der Waals surface area contributed by atoms with Gasteiger partial charge in [0.1, 0.15) is 5.75 Å². The van der Waals surface area contributed by atoms with Crippen LogP contribution in [0.3, 0.4) is 0 Å². The van der Waals surface area contributed by atoms with E-state index in [4.69, 9.17) is 4.74 Å². The number of nitrogens with one attached hydrogen (secondary N) is 1. The monoisotopic (exact) mass is 310 g/mol. The van der Waals surface area contributed by atoms with Gasteiger partial charge in [-0.05, 0) is 55.5 Å². The number of rotatable bonds is 7. The molecule has 1 N–H and O–H groups in total. The van der Waals surface area contributed by atoms with E-state index in [-0.39, 0.29) is 11.3 Å². The second-order valence-electron chi connectivity index (χ2n) is 5.99. The number of methoxy groups -OCH3 is 1. The van der Waals surface area contributed by atoms with Gasteiger partial charge in [0.15, 0.2) is 0 Å². The zero-order chi connectivity index (χ0) is 16.1. The average Bonchev–Trinajstić information content (AvgIpc) is 3.41. The third-order valence-electron chi connectivity index (χ3n) is 4.45. The number of aryl methyl sites for hydroxylation is 1. The molecule has 1 heterocycles. The Morgan fingerprint density at radius 1 is 1.22 bits per heavy atom. The van der Waals surface area contributed by atoms with Crippen LogP contribution in [-0.4, -0.2) is 24.5 Å². The van der Waals surface area contributed by atoms with Gasteiger partial charge in [0, 0.05) is 18.4 Å². The largest absolute Gasteiger partial charge is 0.497 e. The lowest BCUT2D eigenvalue weighted by atomic mass is 9.95. The molecule has 0 spiro atoms. The van der Waals surface area contributed by atoms with E-state index in [0.29, 0.717) is 6.54 Å². The van der Waals surface area contributed by atoms with Crippen molar-refractivity contribution in [3.05, 3.63) is 59.9 Å². The summed E-state index contributed by atoms with van der Waals surface area (Å²) in [5, 5.41) is 3.08. The van der Waals surface area contributed by atoms with Crippen LogP contribution in [0.4, 0.5) is 0 Å². The summed E-state index contributed by atoms with van der Waals surface area (Å²) >= 11 is 0. The fourth-order valence-electron chi connectivity index (χ4n) is 2.87. The summed E-state index contributed by atoms with van der Waals surface area (Å²) in [5.41, 5.74) is 1.83. The first-order valence-electron chi connectivity index (χ1n) is 8.07. The van der Waals surface area contributed by atoms with Crippen molar-refractivity contribution < 1.29 is 9.53 Å². The number of nitrogens with zero attached hydrogens (tertiary/aromatic N) is 1. The van der Waals surface area contributed by atoms with Gasteiger partial charge in [-0.3, -0.25) is 9.78 Å². The van der Waals surface area contributed by atoms with Crippen molar-refractivity contribution in [2.24, 2.45) is 0 Å². The lowest BCUT2D eigenvalue weighted by Crippen LogP contribution is -2.35. The fraction of sp³-hybridized carbons (Fsp3) is 0.368. The Morgan fingerprint density at radius 2 is 2.00 bits per heavy atom. The Kier molecular flexibility index (Phi) is 4.60. The predicted molar refractivity (Wildman–Crippen MR) is 89.5 cm³/mol. The molecule has 1 aliphatic rings. The van der Waals surface area contributed by atoms with Gasteiger partial charge in [-0.1, -0.05) is 18.2 Å². The highest BCUT2D eigenvalue weighted by molar-refractivity contribution is 5.91. The number of hydrogen-bond donors (Lipinski definition) is 1. The van der Waals surface area contributed by atoms with Gasteiger partial charge in [0.05, 0.1) is 12.5 Å². The second kappa shape index (κ2) is 6.82. The number of aromatic nitrogens is 1. The summed E-state index contributed by atoms with van der Waals surface area (Å²) in [5.74, 6) is 0.962. The standard InChI is InChI=1S/C19H22N2O2/c1-23-17-9-7-15(8-10-17)19(11-12-19)18(22)21-14-4-6-16-5-2-3-13-20-16/h2-3,5,7-10,13H,4,6,11-12,14H2,1H3,(H,21,22). The van der Waals surface area contributed by atoms with E-state index >= 15 is 0 Å². The number of carbonyl (C=O) groups is 1. The van der Waals surface area contributed by atoms with Crippen LogP contribution in [-0.2, 0) is 16.6 Å². The van der Waals surface area contributed by atoms with Crippen LogP contribution < -0.4 is 10.1 Å². The summed E-state index contributed by atoms with van der Waals surface area (Å²) in [6.07, 6.45) is 5.44. The lowest BCUT2D eigenvalue weighted by Gasteiger charge is -2.16. The van der Waals surface area contributed by atoms with Crippen molar-refractivity contribution in [1.82, 2.24) is 10.3 Å². The van der Waals surface area contributed by atoms with Gasteiger partial charge in [-0.2, -0.15) is 0 Å². The zero-order valence-corrected chi connectivity index (χ0v) is 13.4. The van der Waals surface area contributed by atoms with Gasteiger partial charge >= 0.3 is 0 Å². The van der Waals surface area contributed by atoms with Gasteiger partial charge in [0.2, 0.25) is 5.91 Å². The highest BCUT2D eigenvalue weighted by Crippen LogP contribution is 2.48. The molecule has 2 aromatic rings. The molecule has 23 heavy (non-hydrogen) atoms. The third kappa shape index (κ3) is 3.52. The Balaban J connectivity index is 1.51. The van der Waals surface area contributed by atoms with Crippen LogP contribution in [0.5, 0.6) is 5.75 Å². The minimum absolute atomic E-state index is 0.142. The fourth-order valence-corrected chi connectivity index (χ4v) is 2.87. The van der Waals surface area contributed by atoms with Crippen molar-refractivity contribution in [1.29, 1.82) is 0 Å². The summed E-state index contributed by atoms with van der Waals surface area (Å²) in [4.78, 5) is 16.8. The molecule has 0 bridgehead atoms. The molecule has 1 aromatic heterocycles. The minimum Gasteiger partial charge on any atom is -0.497 e. The Morgan fingerprint density at radius 3 is 2.61 bits per heavy atom. The Bertz CT molecular complexity index is 649. The van der Waals surface area contributed by atoms with E-state index in [9.17, 15) is 4.79 Å². The van der Waals surface area contributed by atoms with E-state index in [1.807, 2.05) is 42.5 Å². The zero-order valence-electron chi connectivity index (χ0n) is 13.4. The molecule has 0 atom stereocenters. The average molecular weight is 310 g/mol. The molecule has 3 rings (SSSR count). The highest BCUT2D eigenvalue weighted by atomic mass is 16.5. The molecule has 0 unspecified atom stereocenters. The number of benzene rings is 1. The molecule has 1 aromatic carbocycles. The number of pyridine rings is 1. The van der Waals surface area contributed by atoms with E-state index in [2.05, 4.69) is 10.3 Å². The van der Waals surface area contributed by atoms with Crippen molar-refractivity contribution in [3.63, 3.8) is 0 Å². The van der Waals surface area contributed by atoms with Gasteiger partial charge < -0.3 is 10.1 Å². The van der Waals surface area contributed by atoms with Crippen molar-refractivity contribution in [2.45, 2.75) is 31.1 Å². The van der Waals surface area contributed by atoms with Crippen LogP contribution in [0, 0.1) is 0 Å². The van der Waals surface area contributed by atoms with Crippen molar-refractivity contribution in [2.75, 3.05) is 13.7 Å². The molecule has 4 nitrogen and oxygen atoms in total. The molecular weight excluding hydrogens is 288 g/mol. The third-order valence-corrected chi connectivity index (χ3v) is 4.45. The van der Waals surface area contributed by atoms with E-state index in [1.54, 1.807) is 13.3 Å².